The zero-order valence-electron chi connectivity index (χ0n) is 23.6. The van der Waals surface area contributed by atoms with Crippen LogP contribution in [0.25, 0.3) is 49.5 Å². The van der Waals surface area contributed by atoms with Gasteiger partial charge in [0.2, 0.25) is 0 Å². The Labute approximate surface area is 237 Å². The minimum absolute atomic E-state index is 0.118. The molecule has 2 aliphatic rings. The molecule has 5 aromatic carbocycles. The van der Waals surface area contributed by atoms with E-state index in [2.05, 4.69) is 118 Å². The van der Waals surface area contributed by atoms with E-state index in [1.165, 1.54) is 77.5 Å². The Morgan fingerprint density at radius 1 is 0.800 bits per heavy atom. The van der Waals surface area contributed by atoms with Gasteiger partial charge in [0.05, 0.1) is 0 Å². The van der Waals surface area contributed by atoms with E-state index >= 15 is 0 Å². The van der Waals surface area contributed by atoms with Crippen LogP contribution in [0.3, 0.4) is 0 Å². The quantitative estimate of drug-likeness (QED) is 0.181. The van der Waals surface area contributed by atoms with E-state index in [9.17, 15) is 0 Å². The van der Waals surface area contributed by atoms with Crippen molar-refractivity contribution in [3.8, 4) is 11.1 Å². The molecule has 0 spiro atoms. The van der Waals surface area contributed by atoms with Gasteiger partial charge < -0.3 is 5.41 Å². The first-order valence-corrected chi connectivity index (χ1v) is 14.5. The van der Waals surface area contributed by atoms with E-state index in [4.69, 9.17) is 5.41 Å². The molecule has 0 unspecified atom stereocenters. The molecular formula is C39H35N. The third kappa shape index (κ3) is 4.21. The van der Waals surface area contributed by atoms with Crippen LogP contribution in [0.2, 0.25) is 0 Å². The summed E-state index contributed by atoms with van der Waals surface area (Å²) in [6.45, 7) is 6.88. The predicted molar refractivity (Wildman–Crippen MR) is 174 cm³/mol. The highest BCUT2D eigenvalue weighted by molar-refractivity contribution is 6.25. The molecule has 1 heteroatoms. The SMILES string of the molecule is CC(C)(C)c1cc2ccc3ccc(-c4ccc5c(c4)CCC(/C(C=N)=C/C4=CC=CCC4)=C5)c4ccc(c1)c2c34. The van der Waals surface area contributed by atoms with E-state index in [0.29, 0.717) is 0 Å². The van der Waals surface area contributed by atoms with Crippen LogP contribution in [0.4, 0.5) is 0 Å². The van der Waals surface area contributed by atoms with E-state index < -0.39 is 0 Å². The van der Waals surface area contributed by atoms with Crippen LogP contribution in [0, 0.1) is 5.41 Å². The molecule has 1 N–H and O–H groups in total. The smallest absolute Gasteiger partial charge is 0.0253 e. The number of allylic oxidation sites excluding steroid dienone is 7. The Kier molecular flexibility index (Phi) is 5.86. The molecule has 1 nitrogen and oxygen atoms in total. The van der Waals surface area contributed by atoms with Gasteiger partial charge in [0.15, 0.2) is 0 Å². The van der Waals surface area contributed by atoms with Crippen molar-refractivity contribution >= 4 is 44.6 Å². The van der Waals surface area contributed by atoms with Crippen LogP contribution in [0.1, 0.15) is 56.7 Å². The zero-order chi connectivity index (χ0) is 27.4. The normalized spacial score (nSPS) is 15.9. The van der Waals surface area contributed by atoms with E-state index in [0.717, 1.165) is 31.3 Å². The third-order valence-corrected chi connectivity index (χ3v) is 8.83. The van der Waals surface area contributed by atoms with E-state index in [1.807, 2.05) is 0 Å². The summed E-state index contributed by atoms with van der Waals surface area (Å²) < 4.78 is 0. The van der Waals surface area contributed by atoms with E-state index in [-0.39, 0.29) is 5.41 Å². The first-order chi connectivity index (χ1) is 19.4. The third-order valence-electron chi connectivity index (χ3n) is 8.83. The number of hydrogen-bond acceptors (Lipinski definition) is 1. The molecule has 0 radical (unpaired) electrons. The number of benzene rings is 5. The summed E-state index contributed by atoms with van der Waals surface area (Å²) in [6.07, 6.45) is 16.7. The number of hydrogen-bond donors (Lipinski definition) is 1. The lowest BCUT2D eigenvalue weighted by Crippen LogP contribution is -2.10. The molecule has 0 saturated heterocycles. The predicted octanol–water partition coefficient (Wildman–Crippen LogP) is 10.7. The molecular weight excluding hydrogens is 482 g/mol. The maximum absolute atomic E-state index is 8.07. The van der Waals surface area contributed by atoms with Gasteiger partial charge in [-0.05, 0) is 114 Å². The van der Waals surface area contributed by atoms with Gasteiger partial charge in [0.25, 0.3) is 0 Å². The summed E-state index contributed by atoms with van der Waals surface area (Å²) in [6, 6.07) is 25.6. The molecule has 0 heterocycles. The Morgan fingerprint density at radius 3 is 2.33 bits per heavy atom. The second-order valence-electron chi connectivity index (χ2n) is 12.5. The second-order valence-corrected chi connectivity index (χ2v) is 12.5. The van der Waals surface area contributed by atoms with Crippen LogP contribution < -0.4 is 0 Å². The summed E-state index contributed by atoms with van der Waals surface area (Å²) in [4.78, 5) is 0. The number of rotatable bonds is 4. The molecule has 196 valence electrons. The van der Waals surface area contributed by atoms with Gasteiger partial charge in [-0.25, -0.2) is 0 Å². The Bertz CT molecular complexity index is 1920. The van der Waals surface area contributed by atoms with Crippen molar-refractivity contribution in [2.75, 3.05) is 0 Å². The van der Waals surface area contributed by atoms with Crippen molar-refractivity contribution in [3.05, 3.63) is 124 Å². The maximum atomic E-state index is 8.07. The van der Waals surface area contributed by atoms with Crippen LogP contribution in [0.15, 0.2) is 108 Å². The lowest BCUT2D eigenvalue weighted by molar-refractivity contribution is 0.591. The molecule has 0 fully saturated rings. The summed E-state index contributed by atoms with van der Waals surface area (Å²) in [7, 11) is 0. The summed E-state index contributed by atoms with van der Waals surface area (Å²) in [5, 5.41) is 16.1. The van der Waals surface area contributed by atoms with Crippen LogP contribution >= 0.6 is 0 Å². The fourth-order valence-corrected chi connectivity index (χ4v) is 6.56. The Hall–Kier alpha value is -4.23. The lowest BCUT2D eigenvalue weighted by atomic mass is 9.82. The monoisotopic (exact) mass is 517 g/mol. The summed E-state index contributed by atoms with van der Waals surface area (Å²) >= 11 is 0. The molecule has 0 saturated carbocycles. The average molecular weight is 518 g/mol. The first kappa shape index (κ1) is 24.8. The van der Waals surface area contributed by atoms with Crippen molar-refractivity contribution in [1.29, 1.82) is 5.41 Å². The molecule has 0 bridgehead atoms. The number of fused-ring (bicyclic) bond motifs is 1. The molecule has 0 amide bonds. The van der Waals surface area contributed by atoms with E-state index in [1.54, 1.807) is 0 Å². The van der Waals surface area contributed by atoms with Gasteiger partial charge in [-0.3, -0.25) is 0 Å². The standard InChI is InChI=1S/C39H35N/c1-39(2,3)34-22-31-14-9-26-15-17-35(36-18-16-32(23-34)37(31)38(26)36)30-13-12-27-20-29(11-10-28(27)21-30)33(24-40)19-25-7-5-4-6-8-25/h4-5,7,9,12-24,40H,6,8,10-11H2,1-3H3/b33-19+,40-24?. The highest BCUT2D eigenvalue weighted by Crippen LogP contribution is 2.42. The van der Waals surface area contributed by atoms with Crippen molar-refractivity contribution < 1.29 is 0 Å². The lowest BCUT2D eigenvalue weighted by Gasteiger charge is -2.22. The van der Waals surface area contributed by atoms with Crippen molar-refractivity contribution in [2.24, 2.45) is 0 Å². The fraction of sp³-hybridized carbons (Fsp3) is 0.205. The average Bonchev–Trinajstić information content (AvgIpc) is 2.98. The molecule has 5 aromatic rings. The molecule has 7 rings (SSSR count). The highest BCUT2D eigenvalue weighted by atomic mass is 14.3. The molecule has 0 aromatic heterocycles. The van der Waals surface area contributed by atoms with Crippen LogP contribution in [-0.4, -0.2) is 6.21 Å². The zero-order valence-corrected chi connectivity index (χ0v) is 23.6. The molecule has 0 aliphatic heterocycles. The Balaban J connectivity index is 1.31. The van der Waals surface area contributed by atoms with Crippen LogP contribution in [0.5, 0.6) is 0 Å². The van der Waals surface area contributed by atoms with Gasteiger partial charge >= 0.3 is 0 Å². The topological polar surface area (TPSA) is 23.9 Å². The van der Waals surface area contributed by atoms with Gasteiger partial charge in [0.1, 0.15) is 0 Å². The van der Waals surface area contributed by atoms with Crippen molar-refractivity contribution in [3.63, 3.8) is 0 Å². The van der Waals surface area contributed by atoms with Gasteiger partial charge in [-0.2, -0.15) is 0 Å². The van der Waals surface area contributed by atoms with Crippen molar-refractivity contribution in [1.82, 2.24) is 0 Å². The minimum atomic E-state index is 0.118. The molecule has 40 heavy (non-hydrogen) atoms. The fourth-order valence-electron chi connectivity index (χ4n) is 6.56. The minimum Gasteiger partial charge on any atom is -0.308 e. The molecule has 0 atom stereocenters. The number of aryl methyl sites for hydroxylation is 1. The summed E-state index contributed by atoms with van der Waals surface area (Å²) in [5.41, 5.74) is 10.4. The molecule has 2 aliphatic carbocycles. The number of nitrogens with one attached hydrogen (secondary N) is 1. The highest BCUT2D eigenvalue weighted by Gasteiger charge is 2.19. The largest absolute Gasteiger partial charge is 0.308 e. The van der Waals surface area contributed by atoms with Crippen molar-refractivity contribution in [2.45, 2.75) is 51.9 Å². The maximum Gasteiger partial charge on any atom is 0.0253 e. The van der Waals surface area contributed by atoms with Gasteiger partial charge in [0, 0.05) is 6.21 Å². The summed E-state index contributed by atoms with van der Waals surface area (Å²) in [5.74, 6) is 0. The first-order valence-electron chi connectivity index (χ1n) is 14.5. The van der Waals surface area contributed by atoms with Crippen LogP contribution in [-0.2, 0) is 11.8 Å². The Morgan fingerprint density at radius 2 is 1.57 bits per heavy atom. The van der Waals surface area contributed by atoms with Gasteiger partial charge in [-0.15, -0.1) is 0 Å². The second kappa shape index (κ2) is 9.45. The van der Waals surface area contributed by atoms with Gasteiger partial charge in [-0.1, -0.05) is 112 Å².